The molecule has 10 heteroatoms. The van der Waals surface area contributed by atoms with Crippen molar-refractivity contribution in [1.82, 2.24) is 0 Å². The van der Waals surface area contributed by atoms with E-state index in [-0.39, 0.29) is 25.6 Å². The van der Waals surface area contributed by atoms with Crippen molar-refractivity contribution in [3.05, 3.63) is 36.5 Å². The summed E-state index contributed by atoms with van der Waals surface area (Å²) in [5.74, 6) is -0.784. The first-order chi connectivity index (χ1) is 38.0. The van der Waals surface area contributed by atoms with Crippen molar-refractivity contribution in [3.8, 4) is 0 Å². The molecule has 0 aliphatic rings. The number of carbonyl (C=O) groups excluding carboxylic acids is 2. The second kappa shape index (κ2) is 59.8. The van der Waals surface area contributed by atoms with Crippen molar-refractivity contribution in [1.29, 1.82) is 0 Å². The van der Waals surface area contributed by atoms with Crippen LogP contribution >= 0.6 is 7.82 Å². The fourth-order valence-corrected chi connectivity index (χ4v) is 10.7. The fraction of sp³-hybridized carbons (Fsp3) is 0.882. The Bertz CT molecular complexity index is 1410. The molecule has 2 atom stereocenters. The number of phosphoric ester groups is 1. The van der Waals surface area contributed by atoms with E-state index in [4.69, 9.17) is 18.5 Å². The number of carbonyl (C=O) groups is 2. The number of likely N-dealkylation sites (N-methyl/N-ethyl adjacent to an activating group) is 1. The Labute approximate surface area is 484 Å². The molecule has 0 aliphatic carbocycles. The standard InChI is InChI=1S/C68H130NO8P/c1-6-8-10-12-14-16-18-20-22-24-26-28-30-32-33-34-35-37-38-40-42-44-46-48-50-52-54-56-58-60-67(70)74-64-66(65-76-78(72,73)75-63-62-69(3,4)5)77-68(71)61-59-57-55-53-51-49-47-45-43-41-39-36-31-29-27-25-23-21-19-17-15-13-11-9-7-2/h19,21,25,27,31,36,66H,6-18,20,22-24,26,28-30,32-35,37-65H2,1-5H3/p+1/b21-19-,27-25-,36-31-. The molecule has 0 bridgehead atoms. The van der Waals surface area contributed by atoms with Crippen molar-refractivity contribution in [3.63, 3.8) is 0 Å². The molecule has 0 heterocycles. The number of ether oxygens (including phenoxy) is 2. The third kappa shape index (κ3) is 63.4. The number of hydrogen-bond donors (Lipinski definition) is 1. The predicted molar refractivity (Wildman–Crippen MR) is 335 cm³/mol. The lowest BCUT2D eigenvalue weighted by Gasteiger charge is -2.24. The smallest absolute Gasteiger partial charge is 0.462 e. The molecule has 9 nitrogen and oxygen atoms in total. The van der Waals surface area contributed by atoms with Crippen LogP contribution in [0.1, 0.15) is 335 Å². The predicted octanol–water partition coefficient (Wildman–Crippen LogP) is 21.5. The third-order valence-corrected chi connectivity index (χ3v) is 16.2. The van der Waals surface area contributed by atoms with Crippen molar-refractivity contribution in [2.24, 2.45) is 0 Å². The maximum atomic E-state index is 12.9. The minimum absolute atomic E-state index is 0.0325. The Morgan fingerprint density at radius 1 is 0.397 bits per heavy atom. The average Bonchev–Trinajstić information content (AvgIpc) is 3.40. The quantitative estimate of drug-likeness (QED) is 0.0211. The summed E-state index contributed by atoms with van der Waals surface area (Å²) in [5.41, 5.74) is 0. The van der Waals surface area contributed by atoms with Crippen LogP contribution in [0.5, 0.6) is 0 Å². The maximum Gasteiger partial charge on any atom is 0.472 e. The van der Waals surface area contributed by atoms with E-state index in [2.05, 4.69) is 50.3 Å². The maximum absolute atomic E-state index is 12.9. The van der Waals surface area contributed by atoms with Crippen LogP contribution in [0.15, 0.2) is 36.5 Å². The lowest BCUT2D eigenvalue weighted by molar-refractivity contribution is -0.870. The summed E-state index contributed by atoms with van der Waals surface area (Å²) >= 11 is 0. The van der Waals surface area contributed by atoms with Gasteiger partial charge in [0.1, 0.15) is 19.8 Å². The molecule has 0 rings (SSSR count). The van der Waals surface area contributed by atoms with Crippen LogP contribution in [-0.4, -0.2) is 74.9 Å². The van der Waals surface area contributed by atoms with E-state index in [9.17, 15) is 19.0 Å². The molecular formula is C68H131NO8P+. The van der Waals surface area contributed by atoms with Crippen LogP contribution in [0.25, 0.3) is 0 Å². The largest absolute Gasteiger partial charge is 0.472 e. The number of allylic oxidation sites excluding steroid dienone is 6. The summed E-state index contributed by atoms with van der Waals surface area (Å²) in [7, 11) is 1.49. The molecule has 2 unspecified atom stereocenters. The summed E-state index contributed by atoms with van der Waals surface area (Å²) in [6.45, 7) is 4.48. The first kappa shape index (κ1) is 76.2. The molecule has 0 amide bonds. The SMILES string of the molecule is CCCCCCC/C=C\C/C=C\C/C=C\CCCCCCCCCCCCC(=O)OC(COC(=O)CCCCCCCCCCCCCCCCCCCCCCCCCCCCCCC)COP(=O)(O)OCC[N+](C)(C)C. The zero-order valence-electron chi connectivity index (χ0n) is 52.4. The zero-order valence-corrected chi connectivity index (χ0v) is 53.3. The monoisotopic (exact) mass is 1120 g/mol. The van der Waals surface area contributed by atoms with Crippen molar-refractivity contribution in [2.45, 2.75) is 341 Å². The second-order valence-corrected chi connectivity index (χ2v) is 25.7. The summed E-state index contributed by atoms with van der Waals surface area (Å²) in [5, 5.41) is 0. The van der Waals surface area contributed by atoms with E-state index in [0.717, 1.165) is 51.4 Å². The van der Waals surface area contributed by atoms with Gasteiger partial charge in [0.25, 0.3) is 0 Å². The third-order valence-electron chi connectivity index (χ3n) is 15.2. The van der Waals surface area contributed by atoms with Gasteiger partial charge in [-0.2, -0.15) is 0 Å². The average molecular weight is 1120 g/mol. The molecule has 78 heavy (non-hydrogen) atoms. The molecule has 0 radical (unpaired) electrons. The highest BCUT2D eigenvalue weighted by atomic mass is 31.2. The molecule has 0 aromatic carbocycles. The van der Waals surface area contributed by atoms with E-state index in [1.165, 1.54) is 250 Å². The van der Waals surface area contributed by atoms with Crippen LogP contribution in [0.4, 0.5) is 0 Å². The van der Waals surface area contributed by atoms with Gasteiger partial charge < -0.3 is 18.9 Å². The van der Waals surface area contributed by atoms with Gasteiger partial charge >= 0.3 is 19.8 Å². The first-order valence-corrected chi connectivity index (χ1v) is 35.2. The van der Waals surface area contributed by atoms with Crippen LogP contribution in [0, 0.1) is 0 Å². The van der Waals surface area contributed by atoms with Gasteiger partial charge in [0.15, 0.2) is 6.10 Å². The fourth-order valence-electron chi connectivity index (χ4n) is 9.97. The highest BCUT2D eigenvalue weighted by Crippen LogP contribution is 2.43. The minimum Gasteiger partial charge on any atom is -0.462 e. The van der Waals surface area contributed by atoms with Crippen LogP contribution in [-0.2, 0) is 32.7 Å². The number of phosphoric acid groups is 1. The Morgan fingerprint density at radius 3 is 1.03 bits per heavy atom. The van der Waals surface area contributed by atoms with Crippen LogP contribution in [0.2, 0.25) is 0 Å². The van der Waals surface area contributed by atoms with Crippen molar-refractivity contribution < 1.29 is 42.1 Å². The number of rotatable bonds is 63. The molecule has 1 N–H and O–H groups in total. The molecular weight excluding hydrogens is 990 g/mol. The van der Waals surface area contributed by atoms with E-state index >= 15 is 0 Å². The second-order valence-electron chi connectivity index (χ2n) is 24.2. The Hall–Kier alpha value is -1.77. The van der Waals surface area contributed by atoms with E-state index in [0.29, 0.717) is 23.9 Å². The molecule has 460 valence electrons. The van der Waals surface area contributed by atoms with Gasteiger partial charge in [-0.25, -0.2) is 4.57 Å². The van der Waals surface area contributed by atoms with Gasteiger partial charge in [0.2, 0.25) is 0 Å². The Morgan fingerprint density at radius 2 is 0.692 bits per heavy atom. The Kier molecular flexibility index (Phi) is 58.5. The summed E-state index contributed by atoms with van der Waals surface area (Å²) in [4.78, 5) is 35.8. The Balaban J connectivity index is 4.04. The van der Waals surface area contributed by atoms with Gasteiger partial charge in [-0.05, 0) is 51.4 Å². The lowest BCUT2D eigenvalue weighted by Crippen LogP contribution is -2.37. The summed E-state index contributed by atoms with van der Waals surface area (Å²) in [6.07, 6.45) is 75.3. The topological polar surface area (TPSA) is 108 Å². The molecule has 0 saturated heterocycles. The normalized spacial score (nSPS) is 13.4. The number of nitrogens with zero attached hydrogens (tertiary/aromatic N) is 1. The van der Waals surface area contributed by atoms with E-state index in [1.807, 2.05) is 21.1 Å². The lowest BCUT2D eigenvalue weighted by atomic mass is 10.0. The molecule has 0 spiro atoms. The number of unbranched alkanes of at least 4 members (excludes halogenated alkanes) is 43. The highest BCUT2D eigenvalue weighted by Gasteiger charge is 2.27. The van der Waals surface area contributed by atoms with Gasteiger partial charge in [0.05, 0.1) is 27.7 Å². The molecule has 0 fully saturated rings. The first-order valence-electron chi connectivity index (χ1n) is 33.7. The minimum atomic E-state index is -4.39. The van der Waals surface area contributed by atoms with E-state index < -0.39 is 26.5 Å². The molecule has 0 aromatic heterocycles. The van der Waals surface area contributed by atoms with E-state index in [1.54, 1.807) is 0 Å². The molecule has 0 aromatic rings. The summed E-state index contributed by atoms with van der Waals surface area (Å²) < 4.78 is 34.7. The van der Waals surface area contributed by atoms with Crippen molar-refractivity contribution >= 4 is 19.8 Å². The van der Waals surface area contributed by atoms with Gasteiger partial charge in [-0.15, -0.1) is 0 Å². The number of quaternary nitrogens is 1. The number of hydrogen-bond acceptors (Lipinski definition) is 7. The zero-order chi connectivity index (χ0) is 57.0. The van der Waals surface area contributed by atoms with Gasteiger partial charge in [-0.3, -0.25) is 18.6 Å². The summed E-state index contributed by atoms with van der Waals surface area (Å²) in [6, 6.07) is 0. The van der Waals surface area contributed by atoms with Crippen LogP contribution in [0.3, 0.4) is 0 Å². The number of esters is 2. The highest BCUT2D eigenvalue weighted by molar-refractivity contribution is 7.47. The van der Waals surface area contributed by atoms with Gasteiger partial charge in [0, 0.05) is 12.8 Å². The van der Waals surface area contributed by atoms with Gasteiger partial charge in [-0.1, -0.05) is 307 Å². The molecule has 0 saturated carbocycles. The molecule has 0 aliphatic heterocycles. The van der Waals surface area contributed by atoms with Crippen molar-refractivity contribution in [2.75, 3.05) is 47.5 Å². The van der Waals surface area contributed by atoms with Crippen LogP contribution < -0.4 is 0 Å².